The van der Waals surface area contributed by atoms with Gasteiger partial charge in [0.1, 0.15) is 0 Å². The van der Waals surface area contributed by atoms with Crippen molar-refractivity contribution >= 4 is 5.91 Å². The van der Waals surface area contributed by atoms with E-state index in [4.69, 9.17) is 0 Å². The number of allylic oxidation sites excluding steroid dienone is 1. The first-order valence-electron chi connectivity index (χ1n) is 5.26. The second-order valence-electron chi connectivity index (χ2n) is 4.10. The van der Waals surface area contributed by atoms with Gasteiger partial charge in [0.2, 0.25) is 5.91 Å². The molecule has 1 amide bonds. The molecule has 0 aromatic carbocycles. The first kappa shape index (κ1) is 11.2. The Kier molecular flexibility index (Phi) is 3.69. The molecule has 0 bridgehead atoms. The van der Waals surface area contributed by atoms with Crippen LogP contribution in [-0.4, -0.2) is 29.9 Å². The summed E-state index contributed by atoms with van der Waals surface area (Å²) < 4.78 is 0. The number of nitrogens with one attached hydrogen (secondary N) is 1. The maximum atomic E-state index is 12.0. The van der Waals surface area contributed by atoms with Crippen molar-refractivity contribution in [3.63, 3.8) is 0 Å². The molecule has 0 saturated carbocycles. The lowest BCUT2D eigenvalue weighted by Gasteiger charge is -2.29. The summed E-state index contributed by atoms with van der Waals surface area (Å²) in [5, 5.41) is 3.07. The molecule has 1 fully saturated rings. The number of nitrogens with zero attached hydrogens (tertiary/aromatic N) is 1. The Morgan fingerprint density at radius 1 is 1.57 bits per heavy atom. The van der Waals surface area contributed by atoms with Crippen LogP contribution in [0, 0.1) is 0 Å². The van der Waals surface area contributed by atoms with Crippen LogP contribution in [0.15, 0.2) is 12.3 Å². The zero-order chi connectivity index (χ0) is 10.7. The predicted molar refractivity (Wildman–Crippen MR) is 57.8 cm³/mol. The topological polar surface area (TPSA) is 32.3 Å². The molecule has 1 aliphatic rings. The van der Waals surface area contributed by atoms with Gasteiger partial charge in [-0.25, -0.2) is 0 Å². The molecule has 1 saturated heterocycles. The van der Waals surface area contributed by atoms with E-state index in [-0.39, 0.29) is 18.0 Å². The molecule has 0 radical (unpaired) electrons. The fourth-order valence-corrected chi connectivity index (χ4v) is 1.97. The molecule has 0 aromatic rings. The summed E-state index contributed by atoms with van der Waals surface area (Å²) in [6.07, 6.45) is 2.89. The van der Waals surface area contributed by atoms with E-state index in [1.54, 1.807) is 0 Å². The van der Waals surface area contributed by atoms with E-state index in [2.05, 4.69) is 11.9 Å². The quantitative estimate of drug-likeness (QED) is 0.726. The number of rotatable bonds is 2. The van der Waals surface area contributed by atoms with Crippen LogP contribution in [0.4, 0.5) is 0 Å². The minimum Gasteiger partial charge on any atom is -0.313 e. The number of carbonyl (C=O) groups is 1. The third kappa shape index (κ3) is 2.15. The molecule has 3 heteroatoms. The van der Waals surface area contributed by atoms with Gasteiger partial charge in [0, 0.05) is 11.7 Å². The van der Waals surface area contributed by atoms with Crippen molar-refractivity contribution in [1.29, 1.82) is 0 Å². The standard InChI is InChI=1S/C11H20N2O/c1-8(2)13-9(3)6-5-7-10(12-4)11(13)14/h8,10,12H,3,5-7H2,1-2,4H3. The number of carbonyl (C=O) groups excluding carboxylic acids is 1. The fraction of sp³-hybridized carbons (Fsp3) is 0.727. The first-order valence-corrected chi connectivity index (χ1v) is 5.26. The van der Waals surface area contributed by atoms with E-state index in [9.17, 15) is 4.79 Å². The number of likely N-dealkylation sites (N-methyl/N-ethyl adjacent to an activating group) is 1. The van der Waals surface area contributed by atoms with E-state index < -0.39 is 0 Å². The SMILES string of the molecule is C=C1CCCC(NC)C(=O)N1C(C)C. The summed E-state index contributed by atoms with van der Waals surface area (Å²) in [7, 11) is 1.84. The molecule has 0 spiro atoms. The van der Waals surface area contributed by atoms with Gasteiger partial charge in [-0.2, -0.15) is 0 Å². The van der Waals surface area contributed by atoms with E-state index in [0.717, 1.165) is 25.0 Å². The predicted octanol–water partition coefficient (Wildman–Crippen LogP) is 1.51. The summed E-state index contributed by atoms with van der Waals surface area (Å²) in [5.41, 5.74) is 0.961. The fourth-order valence-electron chi connectivity index (χ4n) is 1.97. The van der Waals surface area contributed by atoms with Crippen LogP contribution in [0.2, 0.25) is 0 Å². The minimum atomic E-state index is -0.0309. The van der Waals surface area contributed by atoms with Gasteiger partial charge in [-0.1, -0.05) is 6.58 Å². The van der Waals surface area contributed by atoms with Gasteiger partial charge in [0.25, 0.3) is 0 Å². The van der Waals surface area contributed by atoms with Gasteiger partial charge in [0.05, 0.1) is 6.04 Å². The number of hydrogen-bond acceptors (Lipinski definition) is 2. The number of likely N-dealkylation sites (tertiary alicyclic amines) is 1. The van der Waals surface area contributed by atoms with E-state index in [1.807, 2.05) is 25.8 Å². The monoisotopic (exact) mass is 196 g/mol. The van der Waals surface area contributed by atoms with Gasteiger partial charge in [0.15, 0.2) is 0 Å². The molecule has 1 unspecified atom stereocenters. The Hall–Kier alpha value is -0.830. The molecule has 14 heavy (non-hydrogen) atoms. The average molecular weight is 196 g/mol. The van der Waals surface area contributed by atoms with Crippen LogP contribution >= 0.6 is 0 Å². The third-order valence-corrected chi connectivity index (χ3v) is 2.70. The highest BCUT2D eigenvalue weighted by atomic mass is 16.2. The maximum Gasteiger partial charge on any atom is 0.244 e. The molecule has 1 N–H and O–H groups in total. The van der Waals surface area contributed by atoms with Crippen LogP contribution < -0.4 is 5.32 Å². The number of amides is 1. The lowest BCUT2D eigenvalue weighted by atomic mass is 10.1. The second kappa shape index (κ2) is 4.60. The van der Waals surface area contributed by atoms with Crippen LogP contribution in [0.25, 0.3) is 0 Å². The van der Waals surface area contributed by atoms with E-state index >= 15 is 0 Å². The zero-order valence-electron chi connectivity index (χ0n) is 9.34. The first-order chi connectivity index (χ1) is 6.57. The van der Waals surface area contributed by atoms with Crippen molar-refractivity contribution in [3.05, 3.63) is 12.3 Å². The molecule has 1 heterocycles. The summed E-state index contributed by atoms with van der Waals surface area (Å²) in [6.45, 7) is 8.03. The molecule has 1 atom stereocenters. The van der Waals surface area contributed by atoms with Crippen molar-refractivity contribution in [2.75, 3.05) is 7.05 Å². The Balaban J connectivity index is 2.86. The van der Waals surface area contributed by atoms with Crippen molar-refractivity contribution in [2.45, 2.75) is 45.2 Å². The van der Waals surface area contributed by atoms with Gasteiger partial charge >= 0.3 is 0 Å². The lowest BCUT2D eigenvalue weighted by Crippen LogP contribution is -2.45. The Morgan fingerprint density at radius 2 is 2.21 bits per heavy atom. The molecule has 80 valence electrons. The highest BCUT2D eigenvalue weighted by molar-refractivity contribution is 5.84. The van der Waals surface area contributed by atoms with Crippen LogP contribution in [0.5, 0.6) is 0 Å². The van der Waals surface area contributed by atoms with Gasteiger partial charge in [-0.05, 0) is 40.2 Å². The highest BCUT2D eigenvalue weighted by Crippen LogP contribution is 2.21. The lowest BCUT2D eigenvalue weighted by molar-refractivity contribution is -0.132. The second-order valence-corrected chi connectivity index (χ2v) is 4.10. The minimum absolute atomic E-state index is 0.0309. The average Bonchev–Trinajstić information content (AvgIpc) is 2.24. The summed E-state index contributed by atoms with van der Waals surface area (Å²) >= 11 is 0. The molecule has 1 rings (SSSR count). The summed E-state index contributed by atoms with van der Waals surface area (Å²) in [6, 6.07) is 0.181. The van der Waals surface area contributed by atoms with Crippen LogP contribution in [-0.2, 0) is 4.79 Å². The van der Waals surface area contributed by atoms with Gasteiger partial charge in [-0.15, -0.1) is 0 Å². The normalized spacial score (nSPS) is 24.3. The van der Waals surface area contributed by atoms with Gasteiger partial charge in [-0.3, -0.25) is 4.79 Å². The Labute approximate surface area is 86.2 Å². The van der Waals surface area contributed by atoms with Crippen LogP contribution in [0.1, 0.15) is 33.1 Å². The molecule has 1 aliphatic heterocycles. The number of hydrogen-bond donors (Lipinski definition) is 1. The Bertz CT molecular complexity index is 235. The largest absolute Gasteiger partial charge is 0.313 e. The smallest absolute Gasteiger partial charge is 0.244 e. The van der Waals surface area contributed by atoms with E-state index in [1.165, 1.54) is 0 Å². The Morgan fingerprint density at radius 3 is 2.71 bits per heavy atom. The third-order valence-electron chi connectivity index (χ3n) is 2.70. The summed E-state index contributed by atoms with van der Waals surface area (Å²) in [4.78, 5) is 13.9. The molecule has 0 aliphatic carbocycles. The van der Waals surface area contributed by atoms with Crippen molar-refractivity contribution in [3.8, 4) is 0 Å². The van der Waals surface area contributed by atoms with Crippen molar-refractivity contribution in [2.24, 2.45) is 0 Å². The maximum absolute atomic E-state index is 12.0. The highest BCUT2D eigenvalue weighted by Gasteiger charge is 2.29. The molecular formula is C11H20N2O. The van der Waals surface area contributed by atoms with Crippen LogP contribution in [0.3, 0.4) is 0 Å². The summed E-state index contributed by atoms with van der Waals surface area (Å²) in [5.74, 6) is 0.171. The molecular weight excluding hydrogens is 176 g/mol. The van der Waals surface area contributed by atoms with E-state index in [0.29, 0.717) is 0 Å². The molecule has 0 aromatic heterocycles. The van der Waals surface area contributed by atoms with Crippen molar-refractivity contribution in [1.82, 2.24) is 10.2 Å². The zero-order valence-corrected chi connectivity index (χ0v) is 9.34. The van der Waals surface area contributed by atoms with Crippen molar-refractivity contribution < 1.29 is 4.79 Å². The van der Waals surface area contributed by atoms with Gasteiger partial charge < -0.3 is 10.2 Å². The molecule has 3 nitrogen and oxygen atoms in total.